The van der Waals surface area contributed by atoms with Crippen molar-refractivity contribution in [1.29, 1.82) is 0 Å². The van der Waals surface area contributed by atoms with Crippen molar-refractivity contribution in [2.45, 2.75) is 84.0 Å². The van der Waals surface area contributed by atoms with Crippen LogP contribution in [0, 0.1) is 0 Å². The fraction of sp³-hybridized carbons (Fsp3) is 1.00. The molecule has 0 aromatic heterocycles. The molecule has 3 nitrogen and oxygen atoms in total. The standard InChI is InChI=1S/C14H30O3S.Na.H/c1-2-3-4-5-6-7-8-9-10-11-12-13-14-17-18(15)16;;/h2-14H2,1H3,(H,15,16);;/q;+1;-1/p-1. The molecule has 0 heterocycles. The van der Waals surface area contributed by atoms with Crippen LogP contribution in [0.1, 0.15) is 85.4 Å². The van der Waals surface area contributed by atoms with Crippen molar-refractivity contribution >= 4 is 11.4 Å². The number of unbranched alkanes of at least 4 members (excludes halogenated alkanes) is 11. The van der Waals surface area contributed by atoms with Gasteiger partial charge in [0.15, 0.2) is 0 Å². The van der Waals surface area contributed by atoms with Gasteiger partial charge in [0.25, 0.3) is 0 Å². The Morgan fingerprint density at radius 2 is 1.21 bits per heavy atom. The predicted molar refractivity (Wildman–Crippen MR) is 77.1 cm³/mol. The molecule has 0 aromatic rings. The monoisotopic (exact) mass is 301 g/mol. The fourth-order valence-corrected chi connectivity index (χ4v) is 2.32. The van der Waals surface area contributed by atoms with Gasteiger partial charge in [0.05, 0.1) is 18.0 Å². The number of hydrogen-bond acceptors (Lipinski definition) is 3. The Bertz CT molecular complexity index is 197. The molecule has 0 fully saturated rings. The van der Waals surface area contributed by atoms with Gasteiger partial charge in [-0.15, -0.1) is 0 Å². The molecule has 0 bridgehead atoms. The van der Waals surface area contributed by atoms with Crippen LogP contribution in [-0.2, 0) is 15.5 Å². The van der Waals surface area contributed by atoms with Crippen LogP contribution in [0.25, 0.3) is 0 Å². The van der Waals surface area contributed by atoms with E-state index in [1.54, 1.807) is 0 Å². The summed E-state index contributed by atoms with van der Waals surface area (Å²) in [5, 5.41) is 0. The predicted octanol–water partition coefficient (Wildman–Crippen LogP) is 1.61. The van der Waals surface area contributed by atoms with Crippen molar-refractivity contribution in [3.8, 4) is 0 Å². The van der Waals surface area contributed by atoms with Gasteiger partial charge >= 0.3 is 29.6 Å². The van der Waals surface area contributed by atoms with Gasteiger partial charge in [0.1, 0.15) is 0 Å². The average molecular weight is 301 g/mol. The molecule has 0 aliphatic carbocycles. The summed E-state index contributed by atoms with van der Waals surface area (Å²) in [7, 11) is 0. The molecule has 0 rings (SSSR count). The minimum atomic E-state index is -2.33. The minimum Gasteiger partial charge on any atom is -1.00 e. The van der Waals surface area contributed by atoms with Gasteiger partial charge in [-0.05, 0) is 6.42 Å². The van der Waals surface area contributed by atoms with Gasteiger partial charge < -0.3 is 10.2 Å². The quantitative estimate of drug-likeness (QED) is 0.278. The van der Waals surface area contributed by atoms with E-state index >= 15 is 0 Å². The Balaban J connectivity index is -0.00000144. The molecule has 0 aromatic carbocycles. The van der Waals surface area contributed by atoms with Crippen molar-refractivity contribution in [3.05, 3.63) is 0 Å². The first-order chi connectivity index (χ1) is 8.77. The molecule has 0 N–H and O–H groups in total. The molecule has 5 heteroatoms. The zero-order valence-corrected chi connectivity index (χ0v) is 15.6. The smallest absolute Gasteiger partial charge is 1.00 e. The molecule has 0 amide bonds. The topological polar surface area (TPSA) is 49.4 Å². The third kappa shape index (κ3) is 21.5. The molecule has 1 atom stereocenters. The third-order valence-electron chi connectivity index (χ3n) is 3.18. The first-order valence-corrected chi connectivity index (χ1v) is 8.50. The van der Waals surface area contributed by atoms with Crippen LogP contribution < -0.4 is 29.6 Å². The van der Waals surface area contributed by atoms with Crippen molar-refractivity contribution < 1.29 is 43.9 Å². The van der Waals surface area contributed by atoms with E-state index in [0.29, 0.717) is 6.61 Å². The molecule has 1 unspecified atom stereocenters. The Kier molecular flexibility index (Phi) is 22.4. The maximum atomic E-state index is 10.1. The van der Waals surface area contributed by atoms with E-state index in [-0.39, 0.29) is 31.0 Å². The summed E-state index contributed by atoms with van der Waals surface area (Å²) in [5.41, 5.74) is 0. The normalized spacial score (nSPS) is 12.1. The second-order valence-corrected chi connectivity index (χ2v) is 5.56. The van der Waals surface area contributed by atoms with Gasteiger partial charge in [-0.2, -0.15) is 0 Å². The van der Waals surface area contributed by atoms with Crippen molar-refractivity contribution in [1.82, 2.24) is 0 Å². The van der Waals surface area contributed by atoms with Crippen molar-refractivity contribution in [2.24, 2.45) is 0 Å². The molecular formula is C14H30NaO3S-. The Morgan fingerprint density at radius 1 is 0.842 bits per heavy atom. The van der Waals surface area contributed by atoms with Gasteiger partial charge in [-0.25, -0.2) is 4.21 Å². The van der Waals surface area contributed by atoms with E-state index < -0.39 is 11.4 Å². The van der Waals surface area contributed by atoms with E-state index in [9.17, 15) is 8.76 Å². The molecule has 0 saturated carbocycles. The van der Waals surface area contributed by atoms with E-state index in [2.05, 4.69) is 11.1 Å². The first kappa shape index (κ1) is 22.4. The molecule has 19 heavy (non-hydrogen) atoms. The van der Waals surface area contributed by atoms with Crippen LogP contribution in [0.5, 0.6) is 0 Å². The van der Waals surface area contributed by atoms with Gasteiger partial charge in [-0.3, -0.25) is 0 Å². The summed E-state index contributed by atoms with van der Waals surface area (Å²) >= 11 is -2.33. The van der Waals surface area contributed by atoms with Crippen molar-refractivity contribution in [2.75, 3.05) is 6.61 Å². The SMILES string of the molecule is CCCCCCCCCCCCCCOS(=O)[O-].[H-].[Na+]. The number of hydrogen-bond donors (Lipinski definition) is 0. The maximum Gasteiger partial charge on any atom is 1.00 e. The van der Waals surface area contributed by atoms with Crippen LogP contribution in [0.4, 0.5) is 0 Å². The van der Waals surface area contributed by atoms with E-state index in [0.717, 1.165) is 12.8 Å². The van der Waals surface area contributed by atoms with Gasteiger partial charge in [0, 0.05) is 0 Å². The molecule has 112 valence electrons. The van der Waals surface area contributed by atoms with Gasteiger partial charge in [-0.1, -0.05) is 77.6 Å². The molecule has 0 aliphatic heterocycles. The Hall–Kier alpha value is 1.07. The van der Waals surface area contributed by atoms with Crippen LogP contribution >= 0.6 is 0 Å². The zero-order valence-electron chi connectivity index (χ0n) is 13.8. The molecule has 0 saturated heterocycles. The zero-order chi connectivity index (χ0) is 13.5. The summed E-state index contributed by atoms with van der Waals surface area (Å²) in [4.78, 5) is 0. The van der Waals surface area contributed by atoms with Crippen LogP contribution in [0.3, 0.4) is 0 Å². The molecule has 0 spiro atoms. The first-order valence-electron chi connectivity index (χ1n) is 7.50. The average Bonchev–Trinajstić information content (AvgIpc) is 2.34. The summed E-state index contributed by atoms with van der Waals surface area (Å²) < 4.78 is 24.6. The van der Waals surface area contributed by atoms with E-state index in [4.69, 9.17) is 0 Å². The summed E-state index contributed by atoms with van der Waals surface area (Å²) in [6.07, 6.45) is 15.4. The second-order valence-electron chi connectivity index (χ2n) is 4.92. The Labute approximate surface area is 145 Å². The van der Waals surface area contributed by atoms with Crippen LogP contribution in [-0.4, -0.2) is 15.4 Å². The molecule has 0 radical (unpaired) electrons. The van der Waals surface area contributed by atoms with E-state index in [1.165, 1.54) is 64.2 Å². The molecule has 0 aliphatic rings. The van der Waals surface area contributed by atoms with E-state index in [1.807, 2.05) is 0 Å². The van der Waals surface area contributed by atoms with Crippen molar-refractivity contribution in [3.63, 3.8) is 0 Å². The minimum absolute atomic E-state index is 0. The second kappa shape index (κ2) is 19.1. The summed E-state index contributed by atoms with van der Waals surface area (Å²) in [6, 6.07) is 0. The molecular weight excluding hydrogens is 271 g/mol. The number of rotatable bonds is 14. The van der Waals surface area contributed by atoms with Crippen LogP contribution in [0.15, 0.2) is 0 Å². The summed E-state index contributed by atoms with van der Waals surface area (Å²) in [6.45, 7) is 2.59. The largest absolute Gasteiger partial charge is 1.00 e. The summed E-state index contributed by atoms with van der Waals surface area (Å²) in [5.74, 6) is 0. The maximum absolute atomic E-state index is 10.1. The third-order valence-corrected chi connectivity index (χ3v) is 3.54. The van der Waals surface area contributed by atoms with Crippen LogP contribution in [0.2, 0.25) is 0 Å². The fourth-order valence-electron chi connectivity index (χ4n) is 2.07. The Morgan fingerprint density at radius 3 is 1.58 bits per heavy atom. The van der Waals surface area contributed by atoms with Gasteiger partial charge in [0.2, 0.25) is 0 Å².